The summed E-state index contributed by atoms with van der Waals surface area (Å²) in [4.78, 5) is 36.4. The second kappa shape index (κ2) is 5.84. The van der Waals surface area contributed by atoms with E-state index in [1.165, 1.54) is 23.6 Å². The zero-order chi connectivity index (χ0) is 14.9. The molecular weight excluding hydrogens is 300 g/mol. The van der Waals surface area contributed by atoms with Crippen LogP contribution < -0.4 is 5.32 Å². The van der Waals surface area contributed by atoms with Gasteiger partial charge >= 0.3 is 5.97 Å². The fraction of sp³-hybridized carbons (Fsp3) is 0.417. The Kier molecular flexibility index (Phi) is 4.34. The van der Waals surface area contributed by atoms with Crippen molar-refractivity contribution in [3.05, 3.63) is 17.0 Å². The standard InChI is InChI=1S/C12H14N2O4S2/c1-6(15)13-10-4-3-9(20-10)11(16)14-7(2)19-5-8(14)12(17)18/h3-4,7-8H,5H2,1-2H3,(H,13,15)(H,17,18). The molecule has 2 heterocycles. The van der Waals surface area contributed by atoms with Gasteiger partial charge in [0, 0.05) is 12.7 Å². The van der Waals surface area contributed by atoms with Crippen LogP contribution in [0.4, 0.5) is 5.00 Å². The lowest BCUT2D eigenvalue weighted by atomic mass is 10.2. The van der Waals surface area contributed by atoms with E-state index in [2.05, 4.69) is 5.32 Å². The first kappa shape index (κ1) is 14.9. The lowest BCUT2D eigenvalue weighted by Gasteiger charge is -2.24. The number of carboxylic acid groups (broad SMARTS) is 1. The topological polar surface area (TPSA) is 86.7 Å². The monoisotopic (exact) mass is 314 g/mol. The summed E-state index contributed by atoms with van der Waals surface area (Å²) < 4.78 is 0. The molecular formula is C12H14N2O4S2. The molecule has 2 N–H and O–H groups in total. The number of carboxylic acids is 1. The van der Waals surface area contributed by atoms with Crippen molar-refractivity contribution in [1.82, 2.24) is 4.90 Å². The van der Waals surface area contributed by atoms with Crippen molar-refractivity contribution in [1.29, 1.82) is 0 Å². The molecule has 0 saturated carbocycles. The van der Waals surface area contributed by atoms with Gasteiger partial charge < -0.3 is 15.3 Å². The number of hydrogen-bond donors (Lipinski definition) is 2. The van der Waals surface area contributed by atoms with Gasteiger partial charge in [-0.15, -0.1) is 23.1 Å². The largest absolute Gasteiger partial charge is 0.480 e. The number of amides is 2. The minimum absolute atomic E-state index is 0.171. The third-order valence-electron chi connectivity index (χ3n) is 2.86. The number of carbonyl (C=O) groups is 3. The first-order valence-corrected chi connectivity index (χ1v) is 7.81. The van der Waals surface area contributed by atoms with Crippen molar-refractivity contribution in [2.75, 3.05) is 11.1 Å². The van der Waals surface area contributed by atoms with Crippen LogP contribution in [0.2, 0.25) is 0 Å². The van der Waals surface area contributed by atoms with Gasteiger partial charge in [-0.05, 0) is 19.1 Å². The highest BCUT2D eigenvalue weighted by atomic mass is 32.2. The Hall–Kier alpha value is -1.54. The molecule has 2 rings (SSSR count). The maximum atomic E-state index is 12.4. The van der Waals surface area contributed by atoms with Crippen LogP contribution in [0.3, 0.4) is 0 Å². The zero-order valence-corrected chi connectivity index (χ0v) is 12.6. The van der Waals surface area contributed by atoms with Gasteiger partial charge in [0.1, 0.15) is 6.04 Å². The van der Waals surface area contributed by atoms with Crippen molar-refractivity contribution in [3.8, 4) is 0 Å². The molecule has 1 aromatic rings. The molecule has 1 aromatic heterocycles. The Morgan fingerprint density at radius 1 is 1.40 bits per heavy atom. The molecule has 108 valence electrons. The summed E-state index contributed by atoms with van der Waals surface area (Å²) in [5.74, 6) is -1.11. The van der Waals surface area contributed by atoms with Crippen LogP contribution >= 0.6 is 23.1 Å². The minimum Gasteiger partial charge on any atom is -0.480 e. The smallest absolute Gasteiger partial charge is 0.327 e. The Labute approximate surface area is 124 Å². The number of nitrogens with one attached hydrogen (secondary N) is 1. The number of carbonyl (C=O) groups excluding carboxylic acids is 2. The quantitative estimate of drug-likeness (QED) is 0.886. The molecule has 1 aliphatic rings. The summed E-state index contributed by atoms with van der Waals surface area (Å²) in [5, 5.41) is 12.2. The fourth-order valence-electron chi connectivity index (χ4n) is 1.96. The van der Waals surface area contributed by atoms with E-state index < -0.39 is 12.0 Å². The average Bonchev–Trinajstić information content (AvgIpc) is 2.94. The Morgan fingerprint density at radius 2 is 2.10 bits per heavy atom. The van der Waals surface area contributed by atoms with Crippen LogP contribution in [-0.2, 0) is 9.59 Å². The third-order valence-corrected chi connectivity index (χ3v) is 5.06. The van der Waals surface area contributed by atoms with Gasteiger partial charge in [-0.25, -0.2) is 4.79 Å². The molecule has 1 aliphatic heterocycles. The summed E-state index contributed by atoms with van der Waals surface area (Å²) in [7, 11) is 0. The molecule has 1 fully saturated rings. The van der Waals surface area contributed by atoms with Crippen molar-refractivity contribution >= 4 is 45.9 Å². The molecule has 0 aliphatic carbocycles. The molecule has 2 atom stereocenters. The Bertz CT molecular complexity index is 557. The summed E-state index contributed by atoms with van der Waals surface area (Å²) in [6.07, 6.45) is 0. The lowest BCUT2D eigenvalue weighted by molar-refractivity contribution is -0.141. The third kappa shape index (κ3) is 2.96. The van der Waals surface area contributed by atoms with Crippen molar-refractivity contribution in [3.63, 3.8) is 0 Å². The van der Waals surface area contributed by atoms with Gasteiger partial charge in [0.2, 0.25) is 5.91 Å². The van der Waals surface area contributed by atoms with Gasteiger partial charge in [0.15, 0.2) is 0 Å². The predicted octanol–water partition coefficient (Wildman–Crippen LogP) is 1.69. The van der Waals surface area contributed by atoms with Crippen LogP contribution in [-0.4, -0.2) is 45.0 Å². The lowest BCUT2D eigenvalue weighted by Crippen LogP contribution is -2.44. The van der Waals surface area contributed by atoms with E-state index >= 15 is 0 Å². The summed E-state index contributed by atoms with van der Waals surface area (Å²) in [6, 6.07) is 2.45. The molecule has 0 bridgehead atoms. The minimum atomic E-state index is -0.992. The summed E-state index contributed by atoms with van der Waals surface area (Å²) in [6.45, 7) is 3.20. The van der Waals surface area contributed by atoms with E-state index in [-0.39, 0.29) is 17.2 Å². The van der Waals surface area contributed by atoms with E-state index in [0.717, 1.165) is 11.3 Å². The van der Waals surface area contributed by atoms with Crippen molar-refractivity contribution < 1.29 is 19.5 Å². The van der Waals surface area contributed by atoms with Gasteiger partial charge in [-0.1, -0.05) is 0 Å². The Morgan fingerprint density at radius 3 is 2.70 bits per heavy atom. The highest BCUT2D eigenvalue weighted by Gasteiger charge is 2.40. The van der Waals surface area contributed by atoms with Crippen LogP contribution in [0.5, 0.6) is 0 Å². The second-order valence-electron chi connectivity index (χ2n) is 4.34. The normalized spacial score (nSPS) is 21.8. The molecule has 20 heavy (non-hydrogen) atoms. The SMILES string of the molecule is CC(=O)Nc1ccc(C(=O)N2C(C)SCC2C(=O)O)s1. The number of aliphatic carboxylic acids is 1. The molecule has 2 unspecified atom stereocenters. The maximum absolute atomic E-state index is 12.4. The van der Waals surface area contributed by atoms with Crippen LogP contribution in [0.25, 0.3) is 0 Å². The number of thioether (sulfide) groups is 1. The number of nitrogens with zero attached hydrogens (tertiary/aromatic N) is 1. The van der Waals surface area contributed by atoms with E-state index in [0.29, 0.717) is 15.6 Å². The van der Waals surface area contributed by atoms with E-state index in [1.807, 2.05) is 6.92 Å². The summed E-state index contributed by atoms with van der Waals surface area (Å²) in [5.41, 5.74) is 0. The highest BCUT2D eigenvalue weighted by Crippen LogP contribution is 2.32. The summed E-state index contributed by atoms with van der Waals surface area (Å²) >= 11 is 2.59. The van der Waals surface area contributed by atoms with E-state index in [1.54, 1.807) is 12.1 Å². The van der Waals surface area contributed by atoms with E-state index in [4.69, 9.17) is 5.11 Å². The number of anilines is 1. The number of rotatable bonds is 3. The zero-order valence-electron chi connectivity index (χ0n) is 11.0. The number of thiophene rings is 1. The van der Waals surface area contributed by atoms with E-state index in [9.17, 15) is 14.4 Å². The van der Waals surface area contributed by atoms with Crippen LogP contribution in [0.15, 0.2) is 12.1 Å². The number of hydrogen-bond acceptors (Lipinski definition) is 5. The molecule has 8 heteroatoms. The molecule has 0 spiro atoms. The fourth-order valence-corrected chi connectivity index (χ4v) is 4.03. The van der Waals surface area contributed by atoms with Gasteiger partial charge in [-0.2, -0.15) is 0 Å². The second-order valence-corrected chi connectivity index (χ2v) is 6.78. The van der Waals surface area contributed by atoms with Crippen molar-refractivity contribution in [2.45, 2.75) is 25.3 Å². The van der Waals surface area contributed by atoms with Crippen LogP contribution in [0.1, 0.15) is 23.5 Å². The maximum Gasteiger partial charge on any atom is 0.327 e. The van der Waals surface area contributed by atoms with Gasteiger partial charge in [0.25, 0.3) is 5.91 Å². The molecule has 1 saturated heterocycles. The predicted molar refractivity (Wildman–Crippen MR) is 78.1 cm³/mol. The molecule has 2 amide bonds. The first-order valence-electron chi connectivity index (χ1n) is 5.94. The van der Waals surface area contributed by atoms with Gasteiger partial charge in [0.05, 0.1) is 15.3 Å². The van der Waals surface area contributed by atoms with Crippen molar-refractivity contribution in [2.24, 2.45) is 0 Å². The average molecular weight is 314 g/mol. The van der Waals surface area contributed by atoms with Crippen LogP contribution in [0, 0.1) is 0 Å². The molecule has 0 aromatic carbocycles. The highest BCUT2D eigenvalue weighted by molar-refractivity contribution is 8.00. The first-order chi connectivity index (χ1) is 9.40. The molecule has 0 radical (unpaired) electrons. The molecule has 6 nitrogen and oxygen atoms in total. The van der Waals surface area contributed by atoms with Gasteiger partial charge in [-0.3, -0.25) is 9.59 Å². The Balaban J connectivity index is 2.19.